The van der Waals surface area contributed by atoms with Gasteiger partial charge in [-0.25, -0.2) is 0 Å². The molecule has 0 spiro atoms. The Labute approximate surface area is 93.4 Å². The van der Waals surface area contributed by atoms with E-state index < -0.39 is 0 Å². The second-order valence-electron chi connectivity index (χ2n) is 4.64. The highest BCUT2D eigenvalue weighted by Crippen LogP contribution is 2.26. The number of esters is 1. The molecule has 0 amide bonds. The summed E-state index contributed by atoms with van der Waals surface area (Å²) in [5.41, 5.74) is 0. The van der Waals surface area contributed by atoms with Crippen molar-refractivity contribution in [2.24, 2.45) is 5.92 Å². The fourth-order valence-corrected chi connectivity index (χ4v) is 2.22. The summed E-state index contributed by atoms with van der Waals surface area (Å²) in [6, 6.07) is 0. The number of carbonyl (C=O) groups excluding carboxylic acids is 1. The van der Waals surface area contributed by atoms with Crippen LogP contribution in [0.4, 0.5) is 0 Å². The van der Waals surface area contributed by atoms with Gasteiger partial charge in [0.05, 0.1) is 6.61 Å². The van der Waals surface area contributed by atoms with Gasteiger partial charge in [0.15, 0.2) is 0 Å². The standard InChI is InChI=1S/C13H24O2/c1-2-3-7-10-15-13(14)11-12-8-5-4-6-9-12/h12H,2-11H2,1H3. The molecule has 0 aliphatic heterocycles. The van der Waals surface area contributed by atoms with E-state index in [4.69, 9.17) is 4.74 Å². The van der Waals surface area contributed by atoms with Crippen molar-refractivity contribution >= 4 is 5.97 Å². The number of carbonyl (C=O) groups is 1. The maximum Gasteiger partial charge on any atom is 0.306 e. The molecule has 0 aromatic carbocycles. The fraction of sp³-hybridized carbons (Fsp3) is 0.923. The van der Waals surface area contributed by atoms with E-state index in [1.807, 2.05) is 0 Å². The van der Waals surface area contributed by atoms with Crippen LogP contribution in [-0.2, 0) is 9.53 Å². The van der Waals surface area contributed by atoms with Crippen LogP contribution in [0.3, 0.4) is 0 Å². The molecule has 1 saturated carbocycles. The average molecular weight is 212 g/mol. The lowest BCUT2D eigenvalue weighted by Gasteiger charge is -2.20. The summed E-state index contributed by atoms with van der Waals surface area (Å²) < 4.78 is 5.21. The summed E-state index contributed by atoms with van der Waals surface area (Å²) in [6.07, 6.45) is 10.4. The van der Waals surface area contributed by atoms with E-state index in [0.29, 0.717) is 18.9 Å². The molecule has 1 aliphatic carbocycles. The third kappa shape index (κ3) is 5.81. The van der Waals surface area contributed by atoms with Crippen molar-refractivity contribution in [3.8, 4) is 0 Å². The van der Waals surface area contributed by atoms with E-state index in [1.54, 1.807) is 0 Å². The van der Waals surface area contributed by atoms with Crippen molar-refractivity contribution in [3.63, 3.8) is 0 Å². The molecule has 0 atom stereocenters. The molecular formula is C13H24O2. The number of ether oxygens (including phenoxy) is 1. The van der Waals surface area contributed by atoms with Gasteiger partial charge in [-0.05, 0) is 25.2 Å². The van der Waals surface area contributed by atoms with Crippen molar-refractivity contribution in [2.45, 2.75) is 64.7 Å². The zero-order valence-electron chi connectivity index (χ0n) is 9.96. The quantitative estimate of drug-likeness (QED) is 0.496. The Morgan fingerprint density at radius 3 is 2.60 bits per heavy atom. The van der Waals surface area contributed by atoms with Gasteiger partial charge >= 0.3 is 5.97 Å². The number of hydrogen-bond acceptors (Lipinski definition) is 2. The lowest BCUT2D eigenvalue weighted by atomic mass is 9.87. The van der Waals surface area contributed by atoms with Crippen molar-refractivity contribution in [3.05, 3.63) is 0 Å². The van der Waals surface area contributed by atoms with E-state index >= 15 is 0 Å². The van der Waals surface area contributed by atoms with E-state index in [1.165, 1.54) is 38.5 Å². The van der Waals surface area contributed by atoms with Crippen LogP contribution in [0.1, 0.15) is 64.7 Å². The van der Waals surface area contributed by atoms with Crippen LogP contribution >= 0.6 is 0 Å². The normalized spacial score (nSPS) is 17.7. The van der Waals surface area contributed by atoms with Gasteiger partial charge in [-0.1, -0.05) is 39.0 Å². The Kier molecular flexibility index (Phi) is 6.45. The fourth-order valence-electron chi connectivity index (χ4n) is 2.22. The van der Waals surface area contributed by atoms with Crippen LogP contribution in [0.2, 0.25) is 0 Å². The van der Waals surface area contributed by atoms with Gasteiger partial charge in [0.25, 0.3) is 0 Å². The zero-order chi connectivity index (χ0) is 10.9. The first kappa shape index (κ1) is 12.5. The third-order valence-corrected chi connectivity index (χ3v) is 3.19. The molecule has 0 bridgehead atoms. The Hall–Kier alpha value is -0.530. The summed E-state index contributed by atoms with van der Waals surface area (Å²) in [5, 5.41) is 0. The minimum absolute atomic E-state index is 0.0259. The Morgan fingerprint density at radius 2 is 1.93 bits per heavy atom. The minimum Gasteiger partial charge on any atom is -0.466 e. The maximum absolute atomic E-state index is 11.5. The summed E-state index contributed by atoms with van der Waals surface area (Å²) in [7, 11) is 0. The minimum atomic E-state index is 0.0259. The smallest absolute Gasteiger partial charge is 0.306 e. The maximum atomic E-state index is 11.5. The van der Waals surface area contributed by atoms with Crippen molar-refractivity contribution in [1.82, 2.24) is 0 Å². The molecular weight excluding hydrogens is 188 g/mol. The first-order chi connectivity index (χ1) is 7.33. The topological polar surface area (TPSA) is 26.3 Å². The van der Waals surface area contributed by atoms with E-state index in [0.717, 1.165) is 12.8 Å². The van der Waals surface area contributed by atoms with Gasteiger partial charge in [-0.2, -0.15) is 0 Å². The summed E-state index contributed by atoms with van der Waals surface area (Å²) in [5.74, 6) is 0.635. The molecule has 1 aliphatic rings. The lowest BCUT2D eigenvalue weighted by Crippen LogP contribution is -2.14. The molecule has 2 heteroatoms. The molecule has 1 rings (SSSR count). The van der Waals surface area contributed by atoms with Crippen LogP contribution in [0.25, 0.3) is 0 Å². The predicted molar refractivity (Wildman–Crippen MR) is 61.7 cm³/mol. The van der Waals surface area contributed by atoms with E-state index in [2.05, 4.69) is 6.92 Å². The largest absolute Gasteiger partial charge is 0.466 e. The van der Waals surface area contributed by atoms with Gasteiger partial charge in [-0.15, -0.1) is 0 Å². The molecule has 0 saturated heterocycles. The summed E-state index contributed by atoms with van der Waals surface area (Å²) >= 11 is 0. The van der Waals surface area contributed by atoms with Crippen LogP contribution in [0.5, 0.6) is 0 Å². The Morgan fingerprint density at radius 1 is 1.20 bits per heavy atom. The molecule has 88 valence electrons. The SMILES string of the molecule is CCCCCOC(=O)CC1CCCCC1. The van der Waals surface area contributed by atoms with E-state index in [-0.39, 0.29) is 5.97 Å². The Bertz CT molecular complexity index is 171. The van der Waals surface area contributed by atoms with Gasteiger partial charge in [0.2, 0.25) is 0 Å². The number of hydrogen-bond donors (Lipinski definition) is 0. The van der Waals surface area contributed by atoms with E-state index in [9.17, 15) is 4.79 Å². The zero-order valence-corrected chi connectivity index (χ0v) is 9.96. The van der Waals surface area contributed by atoms with Crippen LogP contribution < -0.4 is 0 Å². The van der Waals surface area contributed by atoms with Crippen molar-refractivity contribution in [2.75, 3.05) is 6.61 Å². The van der Waals surface area contributed by atoms with Gasteiger partial charge < -0.3 is 4.74 Å². The number of rotatable bonds is 6. The van der Waals surface area contributed by atoms with Crippen molar-refractivity contribution < 1.29 is 9.53 Å². The second-order valence-corrected chi connectivity index (χ2v) is 4.64. The lowest BCUT2D eigenvalue weighted by molar-refractivity contribution is -0.145. The molecule has 0 unspecified atom stereocenters. The van der Waals surface area contributed by atoms with Crippen LogP contribution in [0, 0.1) is 5.92 Å². The van der Waals surface area contributed by atoms with Crippen molar-refractivity contribution in [1.29, 1.82) is 0 Å². The van der Waals surface area contributed by atoms with Gasteiger partial charge in [0, 0.05) is 6.42 Å². The first-order valence-corrected chi connectivity index (χ1v) is 6.48. The van der Waals surface area contributed by atoms with Crippen LogP contribution in [-0.4, -0.2) is 12.6 Å². The third-order valence-electron chi connectivity index (χ3n) is 3.19. The highest BCUT2D eigenvalue weighted by molar-refractivity contribution is 5.69. The average Bonchev–Trinajstić information content (AvgIpc) is 2.26. The van der Waals surface area contributed by atoms with Gasteiger partial charge in [-0.3, -0.25) is 4.79 Å². The molecule has 0 N–H and O–H groups in total. The molecule has 0 radical (unpaired) electrons. The monoisotopic (exact) mass is 212 g/mol. The summed E-state index contributed by atoms with van der Waals surface area (Å²) in [6.45, 7) is 2.78. The molecule has 2 nitrogen and oxygen atoms in total. The first-order valence-electron chi connectivity index (χ1n) is 6.48. The van der Waals surface area contributed by atoms with Crippen LogP contribution in [0.15, 0.2) is 0 Å². The highest BCUT2D eigenvalue weighted by Gasteiger charge is 2.17. The molecule has 15 heavy (non-hydrogen) atoms. The molecule has 0 aromatic heterocycles. The highest BCUT2D eigenvalue weighted by atomic mass is 16.5. The van der Waals surface area contributed by atoms with Gasteiger partial charge in [0.1, 0.15) is 0 Å². The molecule has 1 fully saturated rings. The molecule has 0 aromatic rings. The Balaban J connectivity index is 2.01. The molecule has 0 heterocycles. The second kappa shape index (κ2) is 7.72. The summed E-state index contributed by atoms with van der Waals surface area (Å²) in [4.78, 5) is 11.5. The predicted octanol–water partition coefficient (Wildman–Crippen LogP) is 3.69. The number of unbranched alkanes of at least 4 members (excludes halogenated alkanes) is 2.